The summed E-state index contributed by atoms with van der Waals surface area (Å²) in [4.78, 5) is 23.2. The number of nitrogens with zero attached hydrogens (tertiary/aromatic N) is 6. The molecule has 0 N–H and O–H groups in total. The van der Waals surface area contributed by atoms with Crippen LogP contribution in [0.1, 0.15) is 17.1 Å². The zero-order valence-electron chi connectivity index (χ0n) is 12.4. The molecule has 0 aliphatic heterocycles. The summed E-state index contributed by atoms with van der Waals surface area (Å²) < 4.78 is 0. The van der Waals surface area contributed by atoms with Crippen LogP contribution in [0, 0.1) is 20.8 Å². The lowest BCUT2D eigenvalue weighted by Gasteiger charge is -1.88. The van der Waals surface area contributed by atoms with Crippen molar-refractivity contribution < 1.29 is 0 Å². The van der Waals surface area contributed by atoms with Crippen molar-refractivity contribution in [3.63, 3.8) is 0 Å². The molecule has 0 saturated heterocycles. The second kappa shape index (κ2) is 10.1. The summed E-state index contributed by atoms with van der Waals surface area (Å²) in [6.45, 7) is 5.76. The van der Waals surface area contributed by atoms with Crippen molar-refractivity contribution in [3.05, 3.63) is 72.9 Å². The van der Waals surface area contributed by atoms with E-state index in [1.165, 1.54) is 0 Å². The van der Waals surface area contributed by atoms with Gasteiger partial charge in [-0.2, -0.15) is 0 Å². The van der Waals surface area contributed by atoms with Crippen molar-refractivity contribution in [3.8, 4) is 0 Å². The minimum absolute atomic E-state index is 0.961. The highest BCUT2D eigenvalue weighted by Gasteiger charge is 1.82. The Morgan fingerprint density at radius 2 is 0.905 bits per heavy atom. The van der Waals surface area contributed by atoms with Gasteiger partial charge in [0.2, 0.25) is 0 Å². The number of hydrogen-bond acceptors (Lipinski definition) is 6. The molecule has 0 bridgehead atoms. The van der Waals surface area contributed by atoms with Gasteiger partial charge < -0.3 is 0 Å². The molecule has 108 valence electrons. The lowest BCUT2D eigenvalue weighted by molar-refractivity contribution is 1.06. The number of hydrogen-bond donors (Lipinski definition) is 0. The fourth-order valence-electron chi connectivity index (χ4n) is 1.08. The van der Waals surface area contributed by atoms with Gasteiger partial charge in [0.25, 0.3) is 0 Å². The minimum atomic E-state index is 0.961. The van der Waals surface area contributed by atoms with Crippen molar-refractivity contribution in [2.75, 3.05) is 0 Å². The van der Waals surface area contributed by atoms with Gasteiger partial charge in [-0.3, -0.25) is 29.9 Å². The van der Waals surface area contributed by atoms with E-state index in [0.717, 1.165) is 17.1 Å². The molecule has 0 aliphatic rings. The van der Waals surface area contributed by atoms with Crippen LogP contribution < -0.4 is 0 Å². The van der Waals surface area contributed by atoms with Crippen molar-refractivity contribution in [2.45, 2.75) is 20.8 Å². The van der Waals surface area contributed by atoms with Gasteiger partial charge in [-0.05, 0) is 20.8 Å². The normalized spacial score (nSPS) is 8.71. The molecular weight excluding hydrogens is 264 g/mol. The summed E-state index contributed by atoms with van der Waals surface area (Å²) in [5, 5.41) is 0. The van der Waals surface area contributed by atoms with Gasteiger partial charge in [0.05, 0.1) is 17.1 Å². The molecule has 0 amide bonds. The first-order valence-electron chi connectivity index (χ1n) is 6.36. The molecule has 0 radical (unpaired) electrons. The average molecular weight is 282 g/mol. The fraction of sp³-hybridized carbons (Fsp3) is 0.200. The van der Waals surface area contributed by atoms with Crippen molar-refractivity contribution in [2.24, 2.45) is 0 Å². The van der Waals surface area contributed by atoms with Gasteiger partial charge in [-0.25, -0.2) is 0 Å². The predicted molar refractivity (Wildman–Crippen MR) is 80.3 cm³/mol. The Bertz CT molecular complexity index is 536. The molecular formula is C15H18N6. The second-order valence-electron chi connectivity index (χ2n) is 4.04. The van der Waals surface area contributed by atoms with E-state index in [2.05, 4.69) is 29.9 Å². The third-order valence-corrected chi connectivity index (χ3v) is 2.08. The predicted octanol–water partition coefficient (Wildman–Crippen LogP) is 2.36. The number of rotatable bonds is 0. The molecule has 3 aromatic heterocycles. The Morgan fingerprint density at radius 3 is 1.14 bits per heavy atom. The van der Waals surface area contributed by atoms with E-state index in [1.807, 2.05) is 20.8 Å². The highest BCUT2D eigenvalue weighted by molar-refractivity contribution is 4.97. The second-order valence-corrected chi connectivity index (χ2v) is 4.04. The Morgan fingerprint density at radius 1 is 0.476 bits per heavy atom. The molecule has 6 nitrogen and oxygen atoms in total. The first-order chi connectivity index (χ1) is 10.2. The van der Waals surface area contributed by atoms with Gasteiger partial charge in [0, 0.05) is 55.8 Å². The number of aryl methyl sites for hydroxylation is 3. The minimum Gasteiger partial charge on any atom is -0.262 e. The maximum atomic E-state index is 4.02. The van der Waals surface area contributed by atoms with E-state index in [4.69, 9.17) is 0 Å². The molecule has 0 saturated carbocycles. The molecule has 0 aliphatic carbocycles. The summed E-state index contributed by atoms with van der Waals surface area (Å²) in [6.07, 6.45) is 15.1. The van der Waals surface area contributed by atoms with E-state index in [0.29, 0.717) is 0 Å². The SMILES string of the molecule is Cc1cnc(C)cn1.Cc1cnccn1.c1cnccn1. The van der Waals surface area contributed by atoms with Crippen LogP contribution in [0.4, 0.5) is 0 Å². The highest BCUT2D eigenvalue weighted by atomic mass is 14.8. The Hall–Kier alpha value is -2.76. The first kappa shape index (κ1) is 16.3. The lowest BCUT2D eigenvalue weighted by atomic mass is 10.5. The smallest absolute Gasteiger partial charge is 0.0555 e. The molecule has 6 heteroatoms. The molecule has 0 spiro atoms. The fourth-order valence-corrected chi connectivity index (χ4v) is 1.08. The molecule has 0 atom stereocenters. The van der Waals surface area contributed by atoms with Crippen LogP contribution in [0.5, 0.6) is 0 Å². The van der Waals surface area contributed by atoms with Crippen LogP contribution in [0.3, 0.4) is 0 Å². The van der Waals surface area contributed by atoms with Crippen LogP contribution in [0.25, 0.3) is 0 Å². The van der Waals surface area contributed by atoms with E-state index in [9.17, 15) is 0 Å². The standard InChI is InChI=1S/C6H8N2.C5H6N2.C4H4N2/c1-5-3-8-6(2)4-7-5;1-5-4-6-2-3-7-5;1-2-6-4-3-5-1/h3-4H,1-2H3;2-4H,1H3;1-4H. The summed E-state index contributed by atoms with van der Waals surface area (Å²) in [5.74, 6) is 0. The van der Waals surface area contributed by atoms with Gasteiger partial charge in [-0.15, -0.1) is 0 Å². The zero-order valence-corrected chi connectivity index (χ0v) is 12.4. The summed E-state index contributed by atoms with van der Waals surface area (Å²) in [7, 11) is 0. The van der Waals surface area contributed by atoms with Crippen LogP contribution in [0.2, 0.25) is 0 Å². The third kappa shape index (κ3) is 8.88. The van der Waals surface area contributed by atoms with E-state index in [-0.39, 0.29) is 0 Å². The Labute approximate surface area is 124 Å². The Balaban J connectivity index is 0.000000159. The highest BCUT2D eigenvalue weighted by Crippen LogP contribution is 1.88. The topological polar surface area (TPSA) is 77.3 Å². The van der Waals surface area contributed by atoms with Crippen LogP contribution in [-0.4, -0.2) is 29.9 Å². The summed E-state index contributed by atoms with van der Waals surface area (Å²) in [5.41, 5.74) is 2.90. The van der Waals surface area contributed by atoms with Gasteiger partial charge in [0.15, 0.2) is 0 Å². The molecule has 3 heterocycles. The first-order valence-corrected chi connectivity index (χ1v) is 6.36. The zero-order chi connectivity index (χ0) is 15.3. The van der Waals surface area contributed by atoms with Gasteiger partial charge in [-0.1, -0.05) is 0 Å². The van der Waals surface area contributed by atoms with Crippen LogP contribution in [-0.2, 0) is 0 Å². The number of aromatic nitrogens is 6. The quantitative estimate of drug-likeness (QED) is 0.630. The van der Waals surface area contributed by atoms with Crippen LogP contribution in [0.15, 0.2) is 55.8 Å². The van der Waals surface area contributed by atoms with Crippen molar-refractivity contribution >= 4 is 0 Å². The van der Waals surface area contributed by atoms with E-state index < -0.39 is 0 Å². The van der Waals surface area contributed by atoms with Crippen LogP contribution >= 0.6 is 0 Å². The summed E-state index contributed by atoms with van der Waals surface area (Å²) in [6, 6.07) is 0. The largest absolute Gasteiger partial charge is 0.262 e. The van der Waals surface area contributed by atoms with Crippen molar-refractivity contribution in [1.82, 2.24) is 29.9 Å². The molecule has 3 aromatic rings. The van der Waals surface area contributed by atoms with Gasteiger partial charge >= 0.3 is 0 Å². The lowest BCUT2D eigenvalue weighted by Crippen LogP contribution is -1.84. The monoisotopic (exact) mass is 282 g/mol. The third-order valence-electron chi connectivity index (χ3n) is 2.08. The van der Waals surface area contributed by atoms with E-state index >= 15 is 0 Å². The Kier molecular flexibility index (Phi) is 7.82. The maximum Gasteiger partial charge on any atom is 0.0555 e. The van der Waals surface area contributed by atoms with Gasteiger partial charge in [0.1, 0.15) is 0 Å². The molecule has 21 heavy (non-hydrogen) atoms. The molecule has 0 aromatic carbocycles. The maximum absolute atomic E-state index is 4.02. The molecule has 0 unspecified atom stereocenters. The van der Waals surface area contributed by atoms with E-state index in [1.54, 1.807) is 55.8 Å². The molecule has 0 fully saturated rings. The average Bonchev–Trinajstić information content (AvgIpc) is 2.54. The summed E-state index contributed by atoms with van der Waals surface area (Å²) >= 11 is 0. The molecule has 3 rings (SSSR count). The van der Waals surface area contributed by atoms with Crippen molar-refractivity contribution in [1.29, 1.82) is 0 Å².